The molecule has 2 aromatic heterocycles. The number of hydrogen-bond acceptors (Lipinski definition) is 4. The fraction of sp³-hybridized carbons (Fsp3) is 0.462. The minimum atomic E-state index is -0.163. The van der Waals surface area contributed by atoms with E-state index in [2.05, 4.69) is 20.4 Å². The first kappa shape index (κ1) is 14.6. The summed E-state index contributed by atoms with van der Waals surface area (Å²) >= 11 is 5.83. The summed E-state index contributed by atoms with van der Waals surface area (Å²) < 4.78 is 1.74. The van der Waals surface area contributed by atoms with Crippen molar-refractivity contribution < 1.29 is 0 Å². The summed E-state index contributed by atoms with van der Waals surface area (Å²) in [4.78, 5) is 18.8. The molecule has 0 unspecified atom stereocenters. The molecule has 0 aliphatic rings. The minimum absolute atomic E-state index is 0.0565. The van der Waals surface area contributed by atoms with Crippen LogP contribution < -0.4 is 10.9 Å². The van der Waals surface area contributed by atoms with E-state index >= 15 is 0 Å². The largest absolute Gasteiger partial charge is 0.354 e. The molecule has 0 spiro atoms. The van der Waals surface area contributed by atoms with Gasteiger partial charge in [-0.15, -0.1) is 0 Å². The van der Waals surface area contributed by atoms with Crippen molar-refractivity contribution in [2.75, 3.05) is 5.32 Å². The van der Waals surface area contributed by atoms with Gasteiger partial charge in [-0.2, -0.15) is 5.10 Å². The van der Waals surface area contributed by atoms with Crippen molar-refractivity contribution in [2.45, 2.75) is 39.3 Å². The van der Waals surface area contributed by atoms with E-state index in [4.69, 9.17) is 11.6 Å². The zero-order valence-electron chi connectivity index (χ0n) is 11.7. The third-order valence-corrected chi connectivity index (χ3v) is 2.95. The summed E-state index contributed by atoms with van der Waals surface area (Å²) in [5.74, 6) is 0.550. The maximum atomic E-state index is 11.7. The summed E-state index contributed by atoms with van der Waals surface area (Å²) in [6, 6.07) is 1.72. The van der Waals surface area contributed by atoms with Gasteiger partial charge in [-0.05, 0) is 13.8 Å². The van der Waals surface area contributed by atoms with E-state index in [1.807, 2.05) is 20.8 Å². The Hall–Kier alpha value is -1.82. The molecule has 20 heavy (non-hydrogen) atoms. The van der Waals surface area contributed by atoms with Crippen molar-refractivity contribution in [2.24, 2.45) is 0 Å². The van der Waals surface area contributed by atoms with Crippen LogP contribution in [0.3, 0.4) is 0 Å². The van der Waals surface area contributed by atoms with E-state index in [9.17, 15) is 4.79 Å². The number of halogens is 1. The number of aromatic amines is 1. The molecule has 7 heteroatoms. The van der Waals surface area contributed by atoms with Crippen molar-refractivity contribution in [3.63, 3.8) is 0 Å². The number of rotatable bonds is 5. The second kappa shape index (κ2) is 6.09. The van der Waals surface area contributed by atoms with Crippen LogP contribution in [-0.2, 0) is 6.54 Å². The van der Waals surface area contributed by atoms with Crippen LogP contribution in [0.15, 0.2) is 23.3 Å². The zero-order valence-corrected chi connectivity index (χ0v) is 12.5. The molecule has 2 N–H and O–H groups in total. The molecular weight excluding hydrogens is 278 g/mol. The van der Waals surface area contributed by atoms with Crippen molar-refractivity contribution in [3.05, 3.63) is 39.5 Å². The molecule has 1 atom stereocenters. The van der Waals surface area contributed by atoms with Crippen LogP contribution in [0.2, 0.25) is 5.02 Å². The maximum Gasteiger partial charge on any atom is 0.252 e. The molecule has 0 bridgehead atoms. The highest BCUT2D eigenvalue weighted by molar-refractivity contribution is 6.30. The summed E-state index contributed by atoms with van der Waals surface area (Å²) in [6.45, 7) is 6.59. The highest BCUT2D eigenvalue weighted by Gasteiger charge is 2.11. The number of nitrogens with zero attached hydrogens (tertiary/aromatic N) is 3. The van der Waals surface area contributed by atoms with Gasteiger partial charge in [-0.1, -0.05) is 18.5 Å². The van der Waals surface area contributed by atoms with Gasteiger partial charge in [-0.25, -0.2) is 4.98 Å². The predicted octanol–water partition coefficient (Wildman–Crippen LogP) is 2.24. The Labute approximate surface area is 122 Å². The molecule has 6 nitrogen and oxygen atoms in total. The van der Waals surface area contributed by atoms with Gasteiger partial charge in [0.2, 0.25) is 5.95 Å². The third kappa shape index (κ3) is 3.84. The van der Waals surface area contributed by atoms with E-state index in [0.29, 0.717) is 17.5 Å². The Morgan fingerprint density at radius 2 is 2.20 bits per heavy atom. The van der Waals surface area contributed by atoms with Gasteiger partial charge in [0.25, 0.3) is 5.56 Å². The standard InChI is InChI=1S/C13H18ClN5O/c1-8(2)16-13-17-11(4-12(20)18-13)9(3)6-19-7-10(14)5-15-19/h4-5,7-9H,6H2,1-3H3,(H2,16,17,18,20)/t9-/m0/s1. The van der Waals surface area contributed by atoms with Crippen LogP contribution in [0.4, 0.5) is 5.95 Å². The Morgan fingerprint density at radius 3 is 2.80 bits per heavy atom. The number of hydrogen-bond donors (Lipinski definition) is 2. The van der Waals surface area contributed by atoms with E-state index in [-0.39, 0.29) is 17.5 Å². The summed E-state index contributed by atoms with van der Waals surface area (Å²) in [5.41, 5.74) is 0.562. The van der Waals surface area contributed by atoms with Crippen LogP contribution in [0.25, 0.3) is 0 Å². The quantitative estimate of drug-likeness (QED) is 0.887. The van der Waals surface area contributed by atoms with Crippen LogP contribution in [0.5, 0.6) is 0 Å². The highest BCUT2D eigenvalue weighted by Crippen LogP contribution is 2.16. The Morgan fingerprint density at radius 1 is 1.45 bits per heavy atom. The van der Waals surface area contributed by atoms with Crippen LogP contribution >= 0.6 is 11.6 Å². The molecule has 0 radical (unpaired) electrons. The summed E-state index contributed by atoms with van der Waals surface area (Å²) in [7, 11) is 0. The van der Waals surface area contributed by atoms with Crippen molar-refractivity contribution in [3.8, 4) is 0 Å². The molecule has 2 heterocycles. The van der Waals surface area contributed by atoms with Crippen LogP contribution in [0, 0.1) is 0 Å². The summed E-state index contributed by atoms with van der Waals surface area (Å²) in [5, 5.41) is 7.82. The maximum absolute atomic E-state index is 11.7. The van der Waals surface area contributed by atoms with E-state index in [1.165, 1.54) is 6.07 Å². The Bertz CT molecular complexity index is 634. The molecule has 0 aliphatic carbocycles. The minimum Gasteiger partial charge on any atom is -0.354 e. The third-order valence-electron chi connectivity index (χ3n) is 2.75. The average molecular weight is 296 g/mol. The van der Waals surface area contributed by atoms with Gasteiger partial charge in [0, 0.05) is 30.8 Å². The van der Waals surface area contributed by atoms with Crippen LogP contribution in [0.1, 0.15) is 32.4 Å². The predicted molar refractivity (Wildman–Crippen MR) is 79.3 cm³/mol. The van der Waals surface area contributed by atoms with E-state index < -0.39 is 0 Å². The molecule has 108 valence electrons. The lowest BCUT2D eigenvalue weighted by Crippen LogP contribution is -2.20. The number of anilines is 1. The molecular formula is C13H18ClN5O. The monoisotopic (exact) mass is 295 g/mol. The SMILES string of the molecule is CC(C)Nc1nc([C@@H](C)Cn2cc(Cl)cn2)cc(=O)[nH]1. The van der Waals surface area contributed by atoms with E-state index in [0.717, 1.165) is 5.69 Å². The Kier molecular flexibility index (Phi) is 4.44. The lowest BCUT2D eigenvalue weighted by atomic mass is 10.1. The summed E-state index contributed by atoms with van der Waals surface area (Å²) in [6.07, 6.45) is 3.34. The fourth-order valence-electron chi connectivity index (χ4n) is 1.88. The Balaban J connectivity index is 2.18. The number of nitrogens with one attached hydrogen (secondary N) is 2. The first-order valence-electron chi connectivity index (χ1n) is 6.50. The zero-order chi connectivity index (χ0) is 14.7. The molecule has 0 aliphatic heterocycles. The van der Waals surface area contributed by atoms with Crippen molar-refractivity contribution in [1.29, 1.82) is 0 Å². The molecule has 0 fully saturated rings. The molecule has 0 saturated heterocycles. The van der Waals surface area contributed by atoms with Gasteiger partial charge in [0.15, 0.2) is 0 Å². The fourth-order valence-corrected chi connectivity index (χ4v) is 2.04. The number of aromatic nitrogens is 4. The van der Waals surface area contributed by atoms with Gasteiger partial charge in [-0.3, -0.25) is 14.5 Å². The number of H-pyrrole nitrogens is 1. The highest BCUT2D eigenvalue weighted by atomic mass is 35.5. The molecule has 2 rings (SSSR count). The average Bonchev–Trinajstić information content (AvgIpc) is 2.73. The van der Waals surface area contributed by atoms with Gasteiger partial charge < -0.3 is 5.32 Å². The molecule has 0 aromatic carbocycles. The topological polar surface area (TPSA) is 75.6 Å². The van der Waals surface area contributed by atoms with Gasteiger partial charge in [0.1, 0.15) is 0 Å². The second-order valence-corrected chi connectivity index (χ2v) is 5.54. The van der Waals surface area contributed by atoms with Crippen molar-refractivity contribution in [1.82, 2.24) is 19.7 Å². The molecule has 0 saturated carbocycles. The lowest BCUT2D eigenvalue weighted by molar-refractivity contribution is 0.533. The van der Waals surface area contributed by atoms with E-state index in [1.54, 1.807) is 17.1 Å². The smallest absolute Gasteiger partial charge is 0.252 e. The van der Waals surface area contributed by atoms with Gasteiger partial charge in [0.05, 0.1) is 16.9 Å². The normalized spacial score (nSPS) is 12.7. The molecule has 0 amide bonds. The van der Waals surface area contributed by atoms with Crippen LogP contribution in [-0.4, -0.2) is 25.8 Å². The van der Waals surface area contributed by atoms with Crippen molar-refractivity contribution >= 4 is 17.5 Å². The molecule has 2 aromatic rings. The first-order chi connectivity index (χ1) is 9.44. The first-order valence-corrected chi connectivity index (χ1v) is 6.87. The van der Waals surface area contributed by atoms with Gasteiger partial charge >= 0.3 is 0 Å². The second-order valence-electron chi connectivity index (χ2n) is 5.10. The lowest BCUT2D eigenvalue weighted by Gasteiger charge is -2.14.